The largest absolute Gasteiger partial charge is 0.284 e. The van der Waals surface area contributed by atoms with Crippen LogP contribution < -0.4 is 0 Å². The molecule has 2 heteroatoms. The van der Waals surface area contributed by atoms with Crippen LogP contribution in [0, 0.1) is 18.8 Å². The lowest BCUT2D eigenvalue weighted by Gasteiger charge is -2.17. The van der Waals surface area contributed by atoms with E-state index in [9.17, 15) is 0 Å². The van der Waals surface area contributed by atoms with Crippen LogP contribution in [0.25, 0.3) is 16.7 Å². The smallest absolute Gasteiger partial charge is 0.0726 e. The highest BCUT2D eigenvalue weighted by Gasteiger charge is 2.20. The van der Waals surface area contributed by atoms with Gasteiger partial charge in [0.1, 0.15) is 0 Å². The van der Waals surface area contributed by atoms with Gasteiger partial charge in [-0.1, -0.05) is 83.1 Å². The zero-order valence-corrected chi connectivity index (χ0v) is 22.3. The molecule has 180 valence electrons. The van der Waals surface area contributed by atoms with Crippen molar-refractivity contribution in [1.82, 2.24) is 9.20 Å². The van der Waals surface area contributed by atoms with Crippen LogP contribution in [0.3, 0.4) is 0 Å². The lowest BCUT2D eigenvalue weighted by atomic mass is 9.88. The van der Waals surface area contributed by atoms with Crippen LogP contribution in [0.15, 0.2) is 61.2 Å². The van der Waals surface area contributed by atoms with E-state index >= 15 is 0 Å². The first-order chi connectivity index (χ1) is 15.7. The Morgan fingerprint density at radius 1 is 1.09 bits per heavy atom. The molecule has 0 amide bonds. The van der Waals surface area contributed by atoms with Gasteiger partial charge in [-0.25, -0.2) is 0 Å². The molecule has 0 aromatic carbocycles. The monoisotopic (exact) mass is 446 g/mol. The number of nitrogens with zero attached hydrogens (tertiary/aromatic N) is 2. The summed E-state index contributed by atoms with van der Waals surface area (Å²) in [5.41, 5.74) is 10.2. The molecule has 2 unspecified atom stereocenters. The Morgan fingerprint density at radius 2 is 1.79 bits per heavy atom. The third-order valence-corrected chi connectivity index (χ3v) is 6.89. The van der Waals surface area contributed by atoms with Gasteiger partial charge in [0.15, 0.2) is 0 Å². The van der Waals surface area contributed by atoms with Crippen molar-refractivity contribution in [1.29, 1.82) is 0 Å². The van der Waals surface area contributed by atoms with Crippen molar-refractivity contribution in [2.75, 3.05) is 0 Å². The van der Waals surface area contributed by atoms with E-state index in [0.717, 1.165) is 32.1 Å². The number of aryl methyl sites for hydroxylation is 2. The maximum absolute atomic E-state index is 4.41. The maximum atomic E-state index is 4.41. The minimum absolute atomic E-state index is 0.467. The Morgan fingerprint density at radius 3 is 2.36 bits per heavy atom. The number of allylic oxidation sites excluding steroid dienone is 7. The molecule has 0 N–H and O–H groups in total. The predicted molar refractivity (Wildman–Crippen MR) is 149 cm³/mol. The van der Waals surface area contributed by atoms with Crippen LogP contribution in [0.4, 0.5) is 0 Å². The summed E-state index contributed by atoms with van der Waals surface area (Å²) in [6.07, 6.45) is 13.3. The van der Waals surface area contributed by atoms with Gasteiger partial charge in [0.05, 0.1) is 11.2 Å². The standard InChI is InChI=1S/C31H46N2/c1-11-15-24(7)30-21-31-29(20-26(9)33(31)32(30)10)28(23(6)14-4)19-22(5)18-25(8)27(16-12-2)17-13-3/h12,18-21,23,27H,2,7-8,11,13-17H2,1,3-6,9-10H3/b22-18-,28-19+. The van der Waals surface area contributed by atoms with Crippen LogP contribution in [0.5, 0.6) is 0 Å². The van der Waals surface area contributed by atoms with Gasteiger partial charge in [0, 0.05) is 18.3 Å². The van der Waals surface area contributed by atoms with E-state index in [1.807, 2.05) is 6.08 Å². The SMILES string of the molecule is C=CCC(CCC)C(=C)/C=C(C)\C=C(\c1cc(C)n2c1cc(C(=C)CCC)n2C)C(C)CC. The summed E-state index contributed by atoms with van der Waals surface area (Å²) in [6.45, 7) is 26.2. The number of aromatic nitrogens is 2. The number of fused-ring (bicyclic) bond motifs is 1. The molecule has 2 rings (SSSR count). The van der Waals surface area contributed by atoms with Crippen molar-refractivity contribution in [3.8, 4) is 0 Å². The summed E-state index contributed by atoms with van der Waals surface area (Å²) < 4.78 is 4.59. The summed E-state index contributed by atoms with van der Waals surface area (Å²) in [5.74, 6) is 0.946. The van der Waals surface area contributed by atoms with Crippen LogP contribution in [0.2, 0.25) is 0 Å². The molecule has 0 saturated heterocycles. The van der Waals surface area contributed by atoms with E-state index in [2.05, 4.69) is 102 Å². The quantitative estimate of drug-likeness (QED) is 0.214. The molecule has 33 heavy (non-hydrogen) atoms. The summed E-state index contributed by atoms with van der Waals surface area (Å²) in [7, 11) is 2.15. The second kappa shape index (κ2) is 12.1. The number of rotatable bonds is 13. The molecule has 0 bridgehead atoms. The molecule has 2 nitrogen and oxygen atoms in total. The predicted octanol–water partition coefficient (Wildman–Crippen LogP) is 9.32. The Labute approximate surface area is 203 Å². The fourth-order valence-corrected chi connectivity index (χ4v) is 4.91. The van der Waals surface area contributed by atoms with Crippen molar-refractivity contribution >= 4 is 16.7 Å². The minimum atomic E-state index is 0.467. The number of hydrogen-bond acceptors (Lipinski definition) is 0. The summed E-state index contributed by atoms with van der Waals surface area (Å²) >= 11 is 0. The molecule has 2 heterocycles. The van der Waals surface area contributed by atoms with Gasteiger partial charge >= 0.3 is 0 Å². The first kappa shape index (κ1) is 26.8. The van der Waals surface area contributed by atoms with Crippen molar-refractivity contribution in [3.05, 3.63) is 78.2 Å². The average Bonchev–Trinajstić information content (AvgIpc) is 3.28. The minimum Gasteiger partial charge on any atom is -0.284 e. The first-order valence-electron chi connectivity index (χ1n) is 12.8. The van der Waals surface area contributed by atoms with Crippen molar-refractivity contribution in [3.63, 3.8) is 0 Å². The highest BCUT2D eigenvalue weighted by atomic mass is 15.4. The van der Waals surface area contributed by atoms with Crippen LogP contribution in [0.1, 0.15) is 90.1 Å². The fraction of sp³-hybridized carbons (Fsp3) is 0.484. The second-order valence-corrected chi connectivity index (χ2v) is 9.69. The van der Waals surface area contributed by atoms with Crippen LogP contribution >= 0.6 is 0 Å². The summed E-state index contributed by atoms with van der Waals surface area (Å²) in [5, 5.41) is 0. The zero-order chi connectivity index (χ0) is 24.7. The lowest BCUT2D eigenvalue weighted by Crippen LogP contribution is -2.04. The third kappa shape index (κ3) is 6.10. The first-order valence-corrected chi connectivity index (χ1v) is 12.8. The highest BCUT2D eigenvalue weighted by molar-refractivity contribution is 5.83. The van der Waals surface area contributed by atoms with Crippen molar-refractivity contribution in [2.45, 2.75) is 80.1 Å². The summed E-state index contributed by atoms with van der Waals surface area (Å²) in [4.78, 5) is 0. The summed E-state index contributed by atoms with van der Waals surface area (Å²) in [6, 6.07) is 4.68. The van der Waals surface area contributed by atoms with E-state index in [0.29, 0.717) is 11.8 Å². The van der Waals surface area contributed by atoms with Crippen molar-refractivity contribution < 1.29 is 0 Å². The van der Waals surface area contributed by atoms with Gasteiger partial charge in [0.25, 0.3) is 0 Å². The third-order valence-electron chi connectivity index (χ3n) is 6.89. The Bertz CT molecular complexity index is 1050. The molecule has 0 fully saturated rings. The topological polar surface area (TPSA) is 9.34 Å². The van der Waals surface area contributed by atoms with E-state index in [1.165, 1.54) is 51.2 Å². The lowest BCUT2D eigenvalue weighted by molar-refractivity contribution is 0.569. The van der Waals surface area contributed by atoms with Crippen molar-refractivity contribution in [2.24, 2.45) is 18.9 Å². The molecule has 0 aliphatic carbocycles. The highest BCUT2D eigenvalue weighted by Crippen LogP contribution is 2.35. The second-order valence-electron chi connectivity index (χ2n) is 9.69. The van der Waals surface area contributed by atoms with Crippen LogP contribution in [-0.4, -0.2) is 9.20 Å². The Kier molecular flexibility index (Phi) is 9.83. The van der Waals surface area contributed by atoms with E-state index in [-0.39, 0.29) is 0 Å². The average molecular weight is 447 g/mol. The van der Waals surface area contributed by atoms with Gasteiger partial charge < -0.3 is 0 Å². The molecule has 0 spiro atoms. The van der Waals surface area contributed by atoms with Gasteiger partial charge in [-0.05, 0) is 74.6 Å². The van der Waals surface area contributed by atoms with E-state index in [1.54, 1.807) is 0 Å². The number of hydrogen-bond donors (Lipinski definition) is 0. The van der Waals surface area contributed by atoms with Gasteiger partial charge in [0.2, 0.25) is 0 Å². The van der Waals surface area contributed by atoms with Gasteiger partial charge in [-0.15, -0.1) is 6.58 Å². The Balaban J connectivity index is 2.57. The van der Waals surface area contributed by atoms with E-state index in [4.69, 9.17) is 0 Å². The molecule has 2 aromatic heterocycles. The molecule has 0 aliphatic heterocycles. The molecule has 2 aromatic rings. The normalized spacial score (nSPS) is 14.5. The molecule has 0 radical (unpaired) electrons. The molecular weight excluding hydrogens is 400 g/mol. The fourth-order valence-electron chi connectivity index (χ4n) is 4.91. The Hall–Kier alpha value is -2.48. The molecule has 0 aliphatic rings. The maximum Gasteiger partial charge on any atom is 0.0726 e. The van der Waals surface area contributed by atoms with Gasteiger partial charge in [-0.3, -0.25) is 9.20 Å². The van der Waals surface area contributed by atoms with Crippen LogP contribution in [-0.2, 0) is 7.05 Å². The molecule has 0 saturated carbocycles. The van der Waals surface area contributed by atoms with E-state index < -0.39 is 0 Å². The molecular formula is C31H46N2. The molecule has 2 atom stereocenters. The zero-order valence-electron chi connectivity index (χ0n) is 22.3. The van der Waals surface area contributed by atoms with Gasteiger partial charge in [-0.2, -0.15) is 0 Å².